The molecule has 232 valence electrons. The number of carbonyl (C=O) groups is 2. The number of guanidine groups is 1. The monoisotopic (exact) mass is 620 g/mol. The van der Waals surface area contributed by atoms with Crippen LogP contribution in [-0.2, 0) is 16.9 Å². The van der Waals surface area contributed by atoms with Gasteiger partial charge in [-0.3, -0.25) is 19.1 Å². The van der Waals surface area contributed by atoms with Crippen LogP contribution < -0.4 is 11.4 Å². The number of nitrogens with two attached hydrogens (primary N) is 1. The number of piperidine rings is 1. The van der Waals surface area contributed by atoms with E-state index in [1.807, 2.05) is 24.3 Å². The molecule has 0 aliphatic carbocycles. The highest BCUT2D eigenvalue weighted by Gasteiger charge is 2.50. The van der Waals surface area contributed by atoms with Crippen molar-refractivity contribution in [3.8, 4) is 0 Å². The lowest BCUT2D eigenvalue weighted by atomic mass is 9.82. The number of aromatic nitrogens is 2. The summed E-state index contributed by atoms with van der Waals surface area (Å²) in [6.07, 6.45) is 1.27. The minimum atomic E-state index is -1.63. The van der Waals surface area contributed by atoms with Gasteiger partial charge in [-0.1, -0.05) is 48.5 Å². The van der Waals surface area contributed by atoms with Gasteiger partial charge in [-0.2, -0.15) is 0 Å². The molecule has 0 spiro atoms. The maximum absolute atomic E-state index is 14.2. The van der Waals surface area contributed by atoms with Gasteiger partial charge in [0, 0.05) is 24.7 Å². The molecule has 11 heteroatoms. The first-order valence-corrected chi connectivity index (χ1v) is 15.0. The molecule has 2 aliphatic heterocycles. The average molecular weight is 621 g/mol. The van der Waals surface area contributed by atoms with E-state index in [2.05, 4.69) is 9.98 Å². The van der Waals surface area contributed by atoms with E-state index in [9.17, 15) is 23.2 Å². The van der Waals surface area contributed by atoms with Gasteiger partial charge < -0.3 is 15.6 Å². The molecule has 3 heterocycles. The SMILES string of the molecule is NC1=NC(c2ccc(F)cc2)(c2ccc(F)cc2)C(=O)N1Cc1cccc(C(=O)N2CCC(n3c(=O)[nH]c4ccccc43)CC2)c1. The van der Waals surface area contributed by atoms with Crippen LogP contribution in [0.1, 0.15) is 45.9 Å². The van der Waals surface area contributed by atoms with Gasteiger partial charge in [-0.15, -0.1) is 0 Å². The predicted molar refractivity (Wildman–Crippen MR) is 169 cm³/mol. The highest BCUT2D eigenvalue weighted by molar-refractivity contribution is 6.09. The summed E-state index contributed by atoms with van der Waals surface area (Å²) in [5.74, 6) is -1.63. The second kappa shape index (κ2) is 11.4. The lowest BCUT2D eigenvalue weighted by Gasteiger charge is -2.32. The molecular weight excluding hydrogens is 590 g/mol. The van der Waals surface area contributed by atoms with E-state index in [0.29, 0.717) is 48.2 Å². The highest BCUT2D eigenvalue weighted by Crippen LogP contribution is 2.40. The van der Waals surface area contributed by atoms with E-state index >= 15 is 0 Å². The molecule has 7 rings (SSSR count). The van der Waals surface area contributed by atoms with Gasteiger partial charge in [0.05, 0.1) is 17.6 Å². The minimum Gasteiger partial charge on any atom is -0.369 e. The number of nitrogens with one attached hydrogen (secondary N) is 1. The van der Waals surface area contributed by atoms with Crippen LogP contribution in [0, 0.1) is 11.6 Å². The Morgan fingerprint density at radius 3 is 2.15 bits per heavy atom. The minimum absolute atomic E-state index is 0.0232. The molecule has 9 nitrogen and oxygen atoms in total. The molecule has 1 saturated heterocycles. The van der Waals surface area contributed by atoms with Crippen molar-refractivity contribution in [3.05, 3.63) is 141 Å². The highest BCUT2D eigenvalue weighted by atomic mass is 19.1. The predicted octanol–water partition coefficient (Wildman–Crippen LogP) is 4.69. The van der Waals surface area contributed by atoms with Crippen molar-refractivity contribution in [2.45, 2.75) is 31.0 Å². The van der Waals surface area contributed by atoms with Gasteiger partial charge in [0.25, 0.3) is 11.8 Å². The summed E-state index contributed by atoms with van der Waals surface area (Å²) in [5, 5.41) is 0. The molecule has 4 aromatic carbocycles. The van der Waals surface area contributed by atoms with Crippen molar-refractivity contribution in [1.82, 2.24) is 19.4 Å². The first-order chi connectivity index (χ1) is 22.2. The number of halogens is 2. The maximum atomic E-state index is 14.2. The Balaban J connectivity index is 1.10. The van der Waals surface area contributed by atoms with Crippen molar-refractivity contribution in [2.75, 3.05) is 13.1 Å². The van der Waals surface area contributed by atoms with Crippen LogP contribution in [0.5, 0.6) is 0 Å². The van der Waals surface area contributed by atoms with Crippen LogP contribution in [0.15, 0.2) is 107 Å². The van der Waals surface area contributed by atoms with E-state index in [0.717, 1.165) is 11.0 Å². The van der Waals surface area contributed by atoms with Crippen LogP contribution in [-0.4, -0.2) is 50.2 Å². The maximum Gasteiger partial charge on any atom is 0.326 e. The van der Waals surface area contributed by atoms with E-state index in [-0.39, 0.29) is 30.1 Å². The molecule has 2 amide bonds. The summed E-state index contributed by atoms with van der Waals surface area (Å²) in [4.78, 5) is 51.0. The summed E-state index contributed by atoms with van der Waals surface area (Å²) < 4.78 is 29.5. The molecule has 1 fully saturated rings. The number of imidazole rings is 1. The standard InChI is InChI=1S/C35H30F2N6O3/c36-26-12-8-24(9-13-26)35(25-10-14-27(37)15-11-25)32(45)42(33(38)40-35)21-22-4-3-5-23(20-22)31(44)41-18-16-28(17-19-41)43-30-7-2-1-6-29(30)39-34(43)46/h1-15,20,28H,16-19,21H2,(H2,38,40)(H,39,46). The smallest absolute Gasteiger partial charge is 0.326 e. The van der Waals surface area contributed by atoms with Gasteiger partial charge in [-0.25, -0.2) is 18.6 Å². The number of carbonyl (C=O) groups excluding carboxylic acids is 2. The third-order valence-corrected chi connectivity index (χ3v) is 8.89. The van der Waals surface area contributed by atoms with Gasteiger partial charge in [0.2, 0.25) is 0 Å². The molecule has 2 aliphatic rings. The number of aliphatic imine (C=N–C) groups is 1. The van der Waals surface area contributed by atoms with Crippen LogP contribution in [0.4, 0.5) is 8.78 Å². The third-order valence-electron chi connectivity index (χ3n) is 8.89. The second-order valence-electron chi connectivity index (χ2n) is 11.6. The van der Waals surface area contributed by atoms with Gasteiger partial charge in [-0.05, 0) is 78.1 Å². The third kappa shape index (κ3) is 4.93. The molecule has 3 N–H and O–H groups in total. The second-order valence-corrected chi connectivity index (χ2v) is 11.6. The number of likely N-dealkylation sites (tertiary alicyclic amines) is 1. The number of para-hydroxylation sites is 2. The summed E-state index contributed by atoms with van der Waals surface area (Å²) in [5.41, 5.74) is 8.10. The number of aromatic amines is 1. The Labute approximate surface area is 262 Å². The van der Waals surface area contributed by atoms with Gasteiger partial charge in [0.15, 0.2) is 11.5 Å². The van der Waals surface area contributed by atoms with Gasteiger partial charge in [0.1, 0.15) is 11.6 Å². The number of hydrogen-bond donors (Lipinski definition) is 2. The topological polar surface area (TPSA) is 117 Å². The number of rotatable bonds is 6. The first kappa shape index (κ1) is 29.1. The van der Waals surface area contributed by atoms with E-state index in [4.69, 9.17) is 5.73 Å². The fourth-order valence-corrected chi connectivity index (χ4v) is 6.59. The van der Waals surface area contributed by atoms with Crippen molar-refractivity contribution in [3.63, 3.8) is 0 Å². The number of benzene rings is 4. The van der Waals surface area contributed by atoms with Gasteiger partial charge >= 0.3 is 5.69 Å². The van der Waals surface area contributed by atoms with Crippen LogP contribution >= 0.6 is 0 Å². The Morgan fingerprint density at radius 1 is 0.870 bits per heavy atom. The summed E-state index contributed by atoms with van der Waals surface area (Å²) in [6.45, 7) is 1.01. The molecule has 5 aromatic rings. The largest absolute Gasteiger partial charge is 0.369 e. The Hall–Kier alpha value is -5.58. The molecule has 0 atom stereocenters. The first-order valence-electron chi connectivity index (χ1n) is 15.0. The molecule has 1 aromatic heterocycles. The number of fused-ring (bicyclic) bond motifs is 1. The quantitative estimate of drug-likeness (QED) is 0.287. The molecule has 46 heavy (non-hydrogen) atoms. The van der Waals surface area contributed by atoms with Crippen molar-refractivity contribution in [1.29, 1.82) is 0 Å². The zero-order chi connectivity index (χ0) is 32.0. The van der Waals surface area contributed by atoms with E-state index in [1.54, 1.807) is 33.7 Å². The zero-order valence-electron chi connectivity index (χ0n) is 24.7. The zero-order valence-corrected chi connectivity index (χ0v) is 24.7. The summed E-state index contributed by atoms with van der Waals surface area (Å²) >= 11 is 0. The van der Waals surface area contributed by atoms with E-state index < -0.39 is 23.1 Å². The average Bonchev–Trinajstić information content (AvgIpc) is 3.54. The van der Waals surface area contributed by atoms with Crippen LogP contribution in [0.3, 0.4) is 0 Å². The summed E-state index contributed by atoms with van der Waals surface area (Å²) in [7, 11) is 0. The van der Waals surface area contributed by atoms with Crippen LogP contribution in [0.2, 0.25) is 0 Å². The number of amides is 2. The molecule has 0 saturated carbocycles. The molecule has 0 bridgehead atoms. The van der Waals surface area contributed by atoms with Crippen molar-refractivity contribution < 1.29 is 18.4 Å². The van der Waals surface area contributed by atoms with Crippen molar-refractivity contribution >= 4 is 28.8 Å². The fraction of sp³-hybridized carbons (Fsp3) is 0.200. The van der Waals surface area contributed by atoms with Crippen LogP contribution in [0.25, 0.3) is 11.0 Å². The molecular formula is C35H30F2N6O3. The lowest BCUT2D eigenvalue weighted by molar-refractivity contribution is -0.130. The normalized spacial score (nSPS) is 16.7. The molecule has 0 unspecified atom stereocenters. The summed E-state index contributed by atoms with van der Waals surface area (Å²) in [6, 6.07) is 25.4. The number of nitrogens with zero attached hydrogens (tertiary/aromatic N) is 4. The Morgan fingerprint density at radius 2 is 1.50 bits per heavy atom. The Bertz CT molecular complexity index is 2000. The lowest BCUT2D eigenvalue weighted by Crippen LogP contribution is -2.43. The number of hydrogen-bond acceptors (Lipinski definition) is 5. The van der Waals surface area contributed by atoms with Crippen molar-refractivity contribution in [2.24, 2.45) is 10.7 Å². The van der Waals surface area contributed by atoms with E-state index in [1.165, 1.54) is 53.4 Å². The fourth-order valence-electron chi connectivity index (χ4n) is 6.59. The Kier molecular flexibility index (Phi) is 7.23. The molecule has 0 radical (unpaired) electrons. The number of H-pyrrole nitrogens is 1.